The van der Waals surface area contributed by atoms with E-state index in [9.17, 15) is 0 Å². The molecule has 0 saturated carbocycles. The monoisotopic (exact) mass is 278 g/mol. The predicted octanol–water partition coefficient (Wildman–Crippen LogP) is 2.41. The highest BCUT2D eigenvalue weighted by Crippen LogP contribution is 2.18. The Balaban J connectivity index is 2.38. The van der Waals surface area contributed by atoms with Crippen LogP contribution in [-0.2, 0) is 0 Å². The van der Waals surface area contributed by atoms with Gasteiger partial charge >= 0.3 is 0 Å². The fourth-order valence-corrected chi connectivity index (χ4v) is 2.51. The van der Waals surface area contributed by atoms with Crippen LogP contribution in [0.15, 0.2) is 36.5 Å². The maximum atomic E-state index is 6.10. The van der Waals surface area contributed by atoms with Crippen LogP contribution in [0.25, 0.3) is 10.9 Å². The average molecular weight is 279 g/mol. The molecule has 102 valence electrons. The number of nitrogens with two attached hydrogens (primary N) is 2. The summed E-state index contributed by atoms with van der Waals surface area (Å²) in [6, 6.07) is 10.5. The first-order valence-corrected chi connectivity index (χ1v) is 7.04. The molecule has 0 spiro atoms. The van der Waals surface area contributed by atoms with E-state index in [-0.39, 0.29) is 12.1 Å². The van der Waals surface area contributed by atoms with Gasteiger partial charge in [0.05, 0.1) is 6.54 Å². The molecule has 1 aromatic heterocycles. The van der Waals surface area contributed by atoms with Gasteiger partial charge in [0.2, 0.25) is 5.52 Å². The number of benzene rings is 1. The van der Waals surface area contributed by atoms with E-state index in [1.54, 1.807) is 0 Å². The molecule has 0 bridgehead atoms. The third-order valence-corrected chi connectivity index (χ3v) is 3.65. The summed E-state index contributed by atoms with van der Waals surface area (Å²) >= 11 is 6.10. The van der Waals surface area contributed by atoms with Crippen LogP contribution >= 0.6 is 11.6 Å². The van der Waals surface area contributed by atoms with Crippen molar-refractivity contribution in [3.8, 4) is 0 Å². The molecule has 2 aromatic rings. The van der Waals surface area contributed by atoms with Crippen molar-refractivity contribution in [2.75, 3.05) is 6.54 Å². The van der Waals surface area contributed by atoms with Crippen molar-refractivity contribution in [2.24, 2.45) is 11.5 Å². The van der Waals surface area contributed by atoms with E-state index < -0.39 is 0 Å². The molecule has 0 aliphatic carbocycles. The van der Waals surface area contributed by atoms with Crippen LogP contribution in [0, 0.1) is 0 Å². The summed E-state index contributed by atoms with van der Waals surface area (Å²) in [4.78, 5) is 0. The minimum Gasteiger partial charge on any atom is -0.328 e. The standard InChI is InChI=1S/C15H21ClN3/c1-11(18)4-7-14(10-17)19-8-2-3-12-5-6-13(16)9-15(12)19/h2-3,5-6,8-9,11,14H,4,7,10,17-18H2,1H3/q+1. The first kappa shape index (κ1) is 14.3. The topological polar surface area (TPSA) is 55.9 Å². The molecule has 0 aliphatic rings. The number of pyridine rings is 1. The van der Waals surface area contributed by atoms with E-state index in [1.807, 2.05) is 31.2 Å². The van der Waals surface area contributed by atoms with Crippen LogP contribution in [-0.4, -0.2) is 12.6 Å². The van der Waals surface area contributed by atoms with Crippen molar-refractivity contribution in [1.29, 1.82) is 0 Å². The lowest BCUT2D eigenvalue weighted by atomic mass is 10.1. The van der Waals surface area contributed by atoms with Gasteiger partial charge in [-0.15, -0.1) is 0 Å². The Morgan fingerprint density at radius 2 is 2.05 bits per heavy atom. The van der Waals surface area contributed by atoms with Gasteiger partial charge in [-0.1, -0.05) is 11.6 Å². The van der Waals surface area contributed by atoms with Crippen molar-refractivity contribution in [3.05, 3.63) is 41.6 Å². The Labute approximate surface area is 119 Å². The molecular weight excluding hydrogens is 258 g/mol. The fraction of sp³-hybridized carbons (Fsp3) is 0.400. The van der Waals surface area contributed by atoms with Gasteiger partial charge in [0.15, 0.2) is 12.2 Å². The lowest BCUT2D eigenvalue weighted by Gasteiger charge is -2.13. The lowest BCUT2D eigenvalue weighted by Crippen LogP contribution is -2.44. The molecule has 19 heavy (non-hydrogen) atoms. The zero-order valence-electron chi connectivity index (χ0n) is 11.2. The SMILES string of the molecule is CC(N)CCC(CN)[n+]1cccc2ccc(Cl)cc21. The highest BCUT2D eigenvalue weighted by Gasteiger charge is 2.20. The second kappa shape index (κ2) is 6.33. The first-order chi connectivity index (χ1) is 9.11. The summed E-state index contributed by atoms with van der Waals surface area (Å²) in [6.07, 6.45) is 4.01. The molecule has 0 saturated heterocycles. The minimum absolute atomic E-state index is 0.202. The summed E-state index contributed by atoms with van der Waals surface area (Å²) in [5, 5.41) is 1.92. The number of hydrogen-bond acceptors (Lipinski definition) is 2. The molecule has 4 heteroatoms. The highest BCUT2D eigenvalue weighted by atomic mass is 35.5. The minimum atomic E-state index is 0.202. The van der Waals surface area contributed by atoms with Crippen molar-refractivity contribution in [1.82, 2.24) is 0 Å². The molecule has 3 nitrogen and oxygen atoms in total. The van der Waals surface area contributed by atoms with Crippen molar-refractivity contribution < 1.29 is 4.57 Å². The Morgan fingerprint density at radius 1 is 1.26 bits per heavy atom. The molecular formula is C15H21ClN3+. The second-order valence-corrected chi connectivity index (χ2v) is 5.50. The summed E-state index contributed by atoms with van der Waals surface area (Å²) < 4.78 is 2.21. The Hall–Kier alpha value is -1.16. The molecule has 1 heterocycles. The molecule has 0 radical (unpaired) electrons. The van der Waals surface area contributed by atoms with Crippen LogP contribution in [0.3, 0.4) is 0 Å². The van der Waals surface area contributed by atoms with Gasteiger partial charge in [0.1, 0.15) is 0 Å². The van der Waals surface area contributed by atoms with Crippen molar-refractivity contribution in [3.63, 3.8) is 0 Å². The smallest absolute Gasteiger partial charge is 0.214 e. The summed E-state index contributed by atoms with van der Waals surface area (Å²) in [7, 11) is 0. The van der Waals surface area contributed by atoms with Gasteiger partial charge in [0, 0.05) is 35.0 Å². The predicted molar refractivity (Wildman–Crippen MR) is 80.1 cm³/mol. The molecule has 1 aromatic carbocycles. The maximum Gasteiger partial charge on any atom is 0.214 e. The number of halogens is 1. The Morgan fingerprint density at radius 3 is 2.74 bits per heavy atom. The quantitative estimate of drug-likeness (QED) is 0.825. The summed E-state index contributed by atoms with van der Waals surface area (Å²) in [5.74, 6) is 0. The van der Waals surface area contributed by atoms with Crippen molar-refractivity contribution in [2.45, 2.75) is 31.8 Å². The van der Waals surface area contributed by atoms with Gasteiger partial charge in [-0.2, -0.15) is 4.57 Å². The van der Waals surface area contributed by atoms with Gasteiger partial charge in [-0.3, -0.25) is 0 Å². The molecule has 2 rings (SSSR count). The molecule has 4 N–H and O–H groups in total. The van der Waals surface area contributed by atoms with Crippen molar-refractivity contribution >= 4 is 22.5 Å². The van der Waals surface area contributed by atoms with E-state index >= 15 is 0 Å². The first-order valence-electron chi connectivity index (χ1n) is 6.67. The molecule has 2 atom stereocenters. The zero-order valence-corrected chi connectivity index (χ0v) is 12.0. The number of hydrogen-bond donors (Lipinski definition) is 2. The summed E-state index contributed by atoms with van der Waals surface area (Å²) in [6.45, 7) is 2.63. The Kier molecular flexibility index (Phi) is 4.75. The third kappa shape index (κ3) is 3.44. The van der Waals surface area contributed by atoms with Crippen LogP contribution in [0.2, 0.25) is 5.02 Å². The van der Waals surface area contributed by atoms with Gasteiger partial charge in [-0.05, 0) is 31.5 Å². The number of nitrogens with zero attached hydrogens (tertiary/aromatic N) is 1. The van der Waals surface area contributed by atoms with E-state index in [4.69, 9.17) is 23.1 Å². The molecule has 0 aliphatic heterocycles. The second-order valence-electron chi connectivity index (χ2n) is 5.06. The van der Waals surface area contributed by atoms with Crippen LogP contribution in [0.4, 0.5) is 0 Å². The zero-order chi connectivity index (χ0) is 13.8. The summed E-state index contributed by atoms with van der Waals surface area (Å²) in [5.41, 5.74) is 12.9. The fourth-order valence-electron chi connectivity index (χ4n) is 2.35. The van der Waals surface area contributed by atoms with Gasteiger partial charge < -0.3 is 11.5 Å². The highest BCUT2D eigenvalue weighted by molar-refractivity contribution is 6.31. The van der Waals surface area contributed by atoms with E-state index in [0.29, 0.717) is 6.54 Å². The van der Waals surface area contributed by atoms with Crippen LogP contribution in [0.1, 0.15) is 25.8 Å². The molecule has 2 unspecified atom stereocenters. The Bertz CT molecular complexity index is 554. The van der Waals surface area contributed by atoms with Crippen LogP contribution in [0.5, 0.6) is 0 Å². The number of aromatic nitrogens is 1. The van der Waals surface area contributed by atoms with Crippen LogP contribution < -0.4 is 16.0 Å². The third-order valence-electron chi connectivity index (χ3n) is 3.41. The lowest BCUT2D eigenvalue weighted by molar-refractivity contribution is -0.696. The van der Waals surface area contributed by atoms with E-state index in [1.165, 1.54) is 5.39 Å². The largest absolute Gasteiger partial charge is 0.328 e. The average Bonchev–Trinajstić information content (AvgIpc) is 2.39. The van der Waals surface area contributed by atoms with Gasteiger partial charge in [-0.25, -0.2) is 0 Å². The van der Waals surface area contributed by atoms with E-state index in [0.717, 1.165) is 23.4 Å². The molecule has 0 fully saturated rings. The number of fused-ring (bicyclic) bond motifs is 1. The maximum absolute atomic E-state index is 6.10. The molecule has 0 amide bonds. The van der Waals surface area contributed by atoms with E-state index in [2.05, 4.69) is 16.8 Å². The number of rotatable bonds is 5. The normalized spacial score (nSPS) is 14.5. The van der Waals surface area contributed by atoms with Gasteiger partial charge in [0.25, 0.3) is 0 Å².